The van der Waals surface area contributed by atoms with Crippen LogP contribution in [0.5, 0.6) is 0 Å². The van der Waals surface area contributed by atoms with Crippen LogP contribution in [-0.4, -0.2) is 16.7 Å². The molecule has 0 spiro atoms. The van der Waals surface area contributed by atoms with Crippen molar-refractivity contribution in [3.63, 3.8) is 0 Å². The quantitative estimate of drug-likeness (QED) is 0.591. The molecule has 0 aliphatic carbocycles. The summed E-state index contributed by atoms with van der Waals surface area (Å²) in [7, 11) is 0. The average molecular weight is 223 g/mol. The predicted molar refractivity (Wildman–Crippen MR) is 61.9 cm³/mol. The van der Waals surface area contributed by atoms with Crippen molar-refractivity contribution in [2.75, 3.05) is 5.73 Å². The fourth-order valence-corrected chi connectivity index (χ4v) is 1.26. The number of rotatable bonds is 2. The number of benzene rings is 1. The van der Waals surface area contributed by atoms with Crippen LogP contribution < -0.4 is 5.73 Å². The highest BCUT2D eigenvalue weighted by Crippen LogP contribution is 2.16. The van der Waals surface area contributed by atoms with Gasteiger partial charge in [-0.1, -0.05) is 0 Å². The Morgan fingerprint density at radius 2 is 2.00 bits per heavy atom. The van der Waals surface area contributed by atoms with Crippen LogP contribution in [0.4, 0.5) is 5.69 Å². The Hall–Kier alpha value is -1.55. The monoisotopic (exact) mass is 223 g/mol. The van der Waals surface area contributed by atoms with Crippen molar-refractivity contribution in [3.05, 3.63) is 29.3 Å². The number of aliphatic hydroxyl groups excluding tert-OH is 1. The fourth-order valence-electron chi connectivity index (χ4n) is 1.26. The zero-order valence-electron chi connectivity index (χ0n) is 9.78. The van der Waals surface area contributed by atoms with Gasteiger partial charge in [0.25, 0.3) is 0 Å². The summed E-state index contributed by atoms with van der Waals surface area (Å²) >= 11 is 0. The molecule has 0 saturated heterocycles. The molecule has 88 valence electrons. The molecule has 0 radical (unpaired) electrons. The number of carbonyl (C=O) groups excluding carboxylic acids is 1. The molecule has 16 heavy (non-hydrogen) atoms. The maximum Gasteiger partial charge on any atom is 0.338 e. The van der Waals surface area contributed by atoms with E-state index in [1.807, 2.05) is 0 Å². The molecule has 1 aromatic rings. The number of ether oxygens (including phenoxy) is 1. The number of hydrogen-bond acceptors (Lipinski definition) is 4. The predicted octanol–water partition coefficient (Wildman–Crippen LogP) is 1.72. The van der Waals surface area contributed by atoms with Gasteiger partial charge in [0.1, 0.15) is 5.60 Å². The Labute approximate surface area is 95.0 Å². The van der Waals surface area contributed by atoms with Gasteiger partial charge in [0.2, 0.25) is 0 Å². The van der Waals surface area contributed by atoms with Gasteiger partial charge in [0.15, 0.2) is 0 Å². The molecule has 3 N–H and O–H groups in total. The molecule has 0 heterocycles. The second kappa shape index (κ2) is 4.53. The van der Waals surface area contributed by atoms with Crippen LogP contribution in [0.25, 0.3) is 0 Å². The molecule has 1 rings (SSSR count). The van der Waals surface area contributed by atoms with Crippen LogP contribution in [0.1, 0.15) is 36.7 Å². The average Bonchev–Trinajstić information content (AvgIpc) is 2.14. The van der Waals surface area contributed by atoms with Gasteiger partial charge in [-0.25, -0.2) is 4.79 Å². The lowest BCUT2D eigenvalue weighted by molar-refractivity contribution is 0.00694. The Kier molecular flexibility index (Phi) is 3.55. The maximum atomic E-state index is 11.7. The first-order valence-electron chi connectivity index (χ1n) is 5.05. The molecule has 0 aliphatic heterocycles. The van der Waals surface area contributed by atoms with E-state index in [4.69, 9.17) is 15.6 Å². The molecule has 1 aromatic carbocycles. The van der Waals surface area contributed by atoms with Gasteiger partial charge in [0, 0.05) is 5.69 Å². The Balaban J connectivity index is 2.95. The molecule has 0 bridgehead atoms. The largest absolute Gasteiger partial charge is 0.456 e. The number of nitrogen functional groups attached to an aromatic ring is 1. The lowest BCUT2D eigenvalue weighted by atomic mass is 10.1. The van der Waals surface area contributed by atoms with E-state index in [1.54, 1.807) is 32.9 Å². The summed E-state index contributed by atoms with van der Waals surface area (Å²) < 4.78 is 5.20. The van der Waals surface area contributed by atoms with Gasteiger partial charge >= 0.3 is 5.97 Å². The molecule has 0 unspecified atom stereocenters. The molecule has 0 amide bonds. The van der Waals surface area contributed by atoms with E-state index < -0.39 is 11.6 Å². The van der Waals surface area contributed by atoms with E-state index in [2.05, 4.69) is 0 Å². The van der Waals surface area contributed by atoms with Gasteiger partial charge in [-0.2, -0.15) is 0 Å². The Morgan fingerprint density at radius 1 is 1.38 bits per heavy atom. The second-order valence-electron chi connectivity index (χ2n) is 4.62. The number of esters is 1. The van der Waals surface area contributed by atoms with Crippen molar-refractivity contribution >= 4 is 11.7 Å². The first-order valence-corrected chi connectivity index (χ1v) is 5.05. The van der Waals surface area contributed by atoms with Crippen LogP contribution in [0.2, 0.25) is 0 Å². The molecule has 4 nitrogen and oxygen atoms in total. The third-order valence-electron chi connectivity index (χ3n) is 1.83. The topological polar surface area (TPSA) is 72.5 Å². The SMILES string of the molecule is CC(C)(C)OC(=O)c1cc(N)cc(CO)c1. The van der Waals surface area contributed by atoms with Crippen molar-refractivity contribution in [2.24, 2.45) is 0 Å². The second-order valence-corrected chi connectivity index (χ2v) is 4.62. The smallest absolute Gasteiger partial charge is 0.338 e. The highest BCUT2D eigenvalue weighted by Gasteiger charge is 2.18. The van der Waals surface area contributed by atoms with Crippen molar-refractivity contribution in [2.45, 2.75) is 33.0 Å². The molecule has 0 atom stereocenters. The van der Waals surface area contributed by atoms with Gasteiger partial charge < -0.3 is 15.6 Å². The summed E-state index contributed by atoms with van der Waals surface area (Å²) in [5.74, 6) is -0.436. The van der Waals surface area contributed by atoms with E-state index in [1.165, 1.54) is 6.07 Å². The third kappa shape index (κ3) is 3.55. The van der Waals surface area contributed by atoms with Crippen LogP contribution in [-0.2, 0) is 11.3 Å². The van der Waals surface area contributed by atoms with Gasteiger partial charge in [0.05, 0.1) is 12.2 Å². The van der Waals surface area contributed by atoms with Gasteiger partial charge in [-0.15, -0.1) is 0 Å². The van der Waals surface area contributed by atoms with E-state index in [9.17, 15) is 4.79 Å². The summed E-state index contributed by atoms with van der Waals surface area (Å²) in [6.07, 6.45) is 0. The maximum absolute atomic E-state index is 11.7. The number of aliphatic hydroxyl groups is 1. The molecule has 4 heteroatoms. The van der Waals surface area contributed by atoms with E-state index in [-0.39, 0.29) is 6.61 Å². The number of carbonyl (C=O) groups is 1. The minimum atomic E-state index is -0.541. The number of nitrogens with two attached hydrogens (primary N) is 1. The molecule has 0 aromatic heterocycles. The normalized spacial score (nSPS) is 11.2. The van der Waals surface area contributed by atoms with Crippen LogP contribution in [0.15, 0.2) is 18.2 Å². The highest BCUT2D eigenvalue weighted by atomic mass is 16.6. The third-order valence-corrected chi connectivity index (χ3v) is 1.83. The summed E-state index contributed by atoms with van der Waals surface area (Å²) in [6.45, 7) is 5.24. The summed E-state index contributed by atoms with van der Waals surface area (Å²) in [5.41, 5.74) is 6.47. The lowest BCUT2D eigenvalue weighted by Crippen LogP contribution is -2.24. The molecule has 0 saturated carbocycles. The zero-order chi connectivity index (χ0) is 12.3. The molecule has 0 fully saturated rings. The first kappa shape index (κ1) is 12.5. The minimum absolute atomic E-state index is 0.152. The number of anilines is 1. The Morgan fingerprint density at radius 3 is 2.50 bits per heavy atom. The standard InChI is InChI=1S/C12H17NO3/c1-12(2,3)16-11(15)9-4-8(7-14)5-10(13)6-9/h4-6,14H,7,13H2,1-3H3. The molecular weight excluding hydrogens is 206 g/mol. The van der Waals surface area contributed by atoms with E-state index in [0.717, 1.165) is 0 Å². The highest BCUT2D eigenvalue weighted by molar-refractivity contribution is 5.91. The summed E-state index contributed by atoms with van der Waals surface area (Å²) in [6, 6.07) is 4.73. The first-order chi connectivity index (χ1) is 7.31. The number of hydrogen-bond donors (Lipinski definition) is 2. The van der Waals surface area contributed by atoms with Crippen molar-refractivity contribution < 1.29 is 14.6 Å². The Bertz CT molecular complexity index is 394. The van der Waals surface area contributed by atoms with Crippen molar-refractivity contribution in [1.29, 1.82) is 0 Å². The molecular formula is C12H17NO3. The fraction of sp³-hybridized carbons (Fsp3) is 0.417. The summed E-state index contributed by atoms with van der Waals surface area (Å²) in [5, 5.41) is 8.99. The molecule has 0 aliphatic rings. The van der Waals surface area contributed by atoms with Crippen molar-refractivity contribution in [1.82, 2.24) is 0 Å². The van der Waals surface area contributed by atoms with E-state index in [0.29, 0.717) is 16.8 Å². The van der Waals surface area contributed by atoms with E-state index >= 15 is 0 Å². The van der Waals surface area contributed by atoms with Gasteiger partial charge in [-0.05, 0) is 44.5 Å². The zero-order valence-corrected chi connectivity index (χ0v) is 9.78. The van der Waals surface area contributed by atoms with Crippen LogP contribution >= 0.6 is 0 Å². The lowest BCUT2D eigenvalue weighted by Gasteiger charge is -2.19. The summed E-state index contributed by atoms with van der Waals surface area (Å²) in [4.78, 5) is 11.7. The van der Waals surface area contributed by atoms with Crippen LogP contribution in [0, 0.1) is 0 Å². The van der Waals surface area contributed by atoms with Crippen LogP contribution in [0.3, 0.4) is 0 Å². The van der Waals surface area contributed by atoms with Crippen molar-refractivity contribution in [3.8, 4) is 0 Å². The van der Waals surface area contributed by atoms with Gasteiger partial charge in [-0.3, -0.25) is 0 Å². The minimum Gasteiger partial charge on any atom is -0.456 e.